The highest BCUT2D eigenvalue weighted by atomic mass is 16.3. The molecule has 1 heterocycles. The van der Waals surface area contributed by atoms with E-state index in [0.717, 1.165) is 18.7 Å². The fraction of sp³-hybridized carbons (Fsp3) is 0.769. The van der Waals surface area contributed by atoms with E-state index in [-0.39, 0.29) is 12.6 Å². The van der Waals surface area contributed by atoms with Gasteiger partial charge in [0.05, 0.1) is 24.7 Å². The van der Waals surface area contributed by atoms with Crippen LogP contribution in [0, 0.1) is 5.92 Å². The first-order chi connectivity index (χ1) is 8.45. The van der Waals surface area contributed by atoms with Gasteiger partial charge in [-0.25, -0.2) is 4.98 Å². The minimum atomic E-state index is -0.357. The first-order valence-electron chi connectivity index (χ1n) is 6.48. The molecule has 104 valence electrons. The molecule has 0 aliphatic heterocycles. The molecule has 0 saturated carbocycles. The fourth-order valence-corrected chi connectivity index (χ4v) is 2.24. The van der Waals surface area contributed by atoms with E-state index in [1.807, 2.05) is 6.33 Å². The summed E-state index contributed by atoms with van der Waals surface area (Å²) in [5.74, 6) is 0.607. The van der Waals surface area contributed by atoms with Crippen molar-refractivity contribution in [3.05, 3.63) is 18.2 Å². The van der Waals surface area contributed by atoms with E-state index in [1.54, 1.807) is 6.20 Å². The van der Waals surface area contributed by atoms with E-state index < -0.39 is 0 Å². The standard InChI is InChI=1S/C13H26N4O/c1-10(2)5-11(7-16(3)4)17-9-15-6-13(17)12(14)8-18/h6,9-12,18H,5,7-8,14H2,1-4H3. The molecule has 0 aromatic carbocycles. The van der Waals surface area contributed by atoms with Gasteiger partial charge in [0, 0.05) is 18.8 Å². The summed E-state index contributed by atoms with van der Waals surface area (Å²) in [6.07, 6.45) is 4.64. The third-order valence-electron chi connectivity index (χ3n) is 2.99. The van der Waals surface area contributed by atoms with Crippen molar-refractivity contribution >= 4 is 0 Å². The second kappa shape index (κ2) is 6.87. The Labute approximate surface area is 110 Å². The van der Waals surface area contributed by atoms with Gasteiger partial charge in [-0.05, 0) is 26.4 Å². The first kappa shape index (κ1) is 15.1. The molecule has 2 unspecified atom stereocenters. The van der Waals surface area contributed by atoms with E-state index >= 15 is 0 Å². The van der Waals surface area contributed by atoms with Crippen LogP contribution in [0.3, 0.4) is 0 Å². The van der Waals surface area contributed by atoms with Crippen molar-refractivity contribution in [3.8, 4) is 0 Å². The second-order valence-electron chi connectivity index (χ2n) is 5.56. The van der Waals surface area contributed by atoms with Crippen LogP contribution in [-0.4, -0.2) is 46.8 Å². The van der Waals surface area contributed by atoms with Crippen molar-refractivity contribution in [1.29, 1.82) is 0 Å². The number of aliphatic hydroxyl groups excluding tert-OH is 1. The lowest BCUT2D eigenvalue weighted by Gasteiger charge is -2.27. The van der Waals surface area contributed by atoms with E-state index in [0.29, 0.717) is 12.0 Å². The van der Waals surface area contributed by atoms with Crippen molar-refractivity contribution in [3.63, 3.8) is 0 Å². The Bertz CT molecular complexity index is 339. The lowest BCUT2D eigenvalue weighted by molar-refractivity contribution is 0.249. The predicted octanol–water partition coefficient (Wildman–Crippen LogP) is 1.02. The van der Waals surface area contributed by atoms with Crippen LogP contribution in [0.2, 0.25) is 0 Å². The van der Waals surface area contributed by atoms with Crippen LogP contribution in [0.4, 0.5) is 0 Å². The molecule has 1 aromatic rings. The number of imidazole rings is 1. The Hall–Kier alpha value is -0.910. The predicted molar refractivity (Wildman–Crippen MR) is 73.3 cm³/mol. The Kier molecular flexibility index (Phi) is 5.78. The summed E-state index contributed by atoms with van der Waals surface area (Å²) in [5, 5.41) is 9.20. The van der Waals surface area contributed by atoms with Gasteiger partial charge in [-0.1, -0.05) is 13.8 Å². The highest BCUT2D eigenvalue weighted by Gasteiger charge is 2.19. The molecule has 0 fully saturated rings. The second-order valence-corrected chi connectivity index (χ2v) is 5.56. The van der Waals surface area contributed by atoms with Gasteiger partial charge in [0.2, 0.25) is 0 Å². The van der Waals surface area contributed by atoms with Crippen molar-refractivity contribution in [2.24, 2.45) is 11.7 Å². The minimum absolute atomic E-state index is 0.0535. The number of likely N-dealkylation sites (N-methyl/N-ethyl adjacent to an activating group) is 1. The monoisotopic (exact) mass is 254 g/mol. The van der Waals surface area contributed by atoms with Crippen LogP contribution in [0.5, 0.6) is 0 Å². The van der Waals surface area contributed by atoms with Crippen LogP contribution >= 0.6 is 0 Å². The molecule has 1 rings (SSSR count). The molecule has 18 heavy (non-hydrogen) atoms. The quantitative estimate of drug-likeness (QED) is 0.762. The van der Waals surface area contributed by atoms with Crippen molar-refractivity contribution < 1.29 is 5.11 Å². The molecule has 0 bridgehead atoms. The maximum Gasteiger partial charge on any atom is 0.0951 e. The van der Waals surface area contributed by atoms with Crippen LogP contribution in [0.25, 0.3) is 0 Å². The molecular weight excluding hydrogens is 228 g/mol. The third kappa shape index (κ3) is 4.08. The van der Waals surface area contributed by atoms with Gasteiger partial charge < -0.3 is 20.3 Å². The van der Waals surface area contributed by atoms with E-state index in [9.17, 15) is 5.11 Å². The molecule has 0 saturated heterocycles. The topological polar surface area (TPSA) is 67.3 Å². The highest BCUT2D eigenvalue weighted by molar-refractivity contribution is 5.06. The van der Waals surface area contributed by atoms with Crippen LogP contribution in [0.1, 0.15) is 38.0 Å². The van der Waals surface area contributed by atoms with E-state index in [1.165, 1.54) is 0 Å². The summed E-state index contributed by atoms with van der Waals surface area (Å²) < 4.78 is 2.11. The Morgan fingerprint density at radius 2 is 2.11 bits per heavy atom. The van der Waals surface area contributed by atoms with Crippen LogP contribution in [0.15, 0.2) is 12.5 Å². The highest BCUT2D eigenvalue weighted by Crippen LogP contribution is 2.22. The summed E-state index contributed by atoms with van der Waals surface area (Å²) in [6, 6.07) is -0.0144. The summed E-state index contributed by atoms with van der Waals surface area (Å²) in [5.41, 5.74) is 6.82. The SMILES string of the molecule is CC(C)CC(CN(C)C)n1cncc1C(N)CO. The summed E-state index contributed by atoms with van der Waals surface area (Å²) >= 11 is 0. The van der Waals surface area contributed by atoms with Crippen molar-refractivity contribution in [2.45, 2.75) is 32.4 Å². The summed E-state index contributed by atoms with van der Waals surface area (Å²) in [7, 11) is 4.13. The maximum atomic E-state index is 9.20. The number of aromatic nitrogens is 2. The van der Waals surface area contributed by atoms with Crippen LogP contribution in [-0.2, 0) is 0 Å². The molecule has 0 amide bonds. The summed E-state index contributed by atoms with van der Waals surface area (Å²) in [6.45, 7) is 5.32. The normalized spacial score (nSPS) is 15.3. The van der Waals surface area contributed by atoms with Gasteiger partial charge in [0.25, 0.3) is 0 Å². The smallest absolute Gasteiger partial charge is 0.0951 e. The number of hydrogen-bond donors (Lipinski definition) is 2. The Morgan fingerprint density at radius 1 is 1.44 bits per heavy atom. The zero-order chi connectivity index (χ0) is 13.7. The molecule has 0 radical (unpaired) electrons. The molecule has 1 aromatic heterocycles. The number of nitrogens with two attached hydrogens (primary N) is 1. The molecule has 2 atom stereocenters. The largest absolute Gasteiger partial charge is 0.394 e. The molecule has 5 heteroatoms. The number of rotatable bonds is 7. The zero-order valence-electron chi connectivity index (χ0n) is 11.9. The Morgan fingerprint density at radius 3 is 2.61 bits per heavy atom. The van der Waals surface area contributed by atoms with E-state index in [4.69, 9.17) is 5.73 Å². The van der Waals surface area contributed by atoms with Gasteiger partial charge in [-0.3, -0.25) is 0 Å². The third-order valence-corrected chi connectivity index (χ3v) is 2.99. The maximum absolute atomic E-state index is 9.20. The zero-order valence-corrected chi connectivity index (χ0v) is 11.9. The molecular formula is C13H26N4O. The molecule has 0 aliphatic rings. The van der Waals surface area contributed by atoms with Gasteiger partial charge in [-0.2, -0.15) is 0 Å². The van der Waals surface area contributed by atoms with Crippen LogP contribution < -0.4 is 5.73 Å². The Balaban J connectivity index is 2.93. The van der Waals surface area contributed by atoms with Gasteiger partial charge in [0.15, 0.2) is 0 Å². The number of hydrogen-bond acceptors (Lipinski definition) is 4. The van der Waals surface area contributed by atoms with Crippen molar-refractivity contribution in [2.75, 3.05) is 27.2 Å². The average Bonchev–Trinajstić information content (AvgIpc) is 2.74. The van der Waals surface area contributed by atoms with Gasteiger partial charge in [-0.15, -0.1) is 0 Å². The molecule has 0 aliphatic carbocycles. The minimum Gasteiger partial charge on any atom is -0.394 e. The van der Waals surface area contributed by atoms with E-state index in [2.05, 4.69) is 42.4 Å². The molecule has 0 spiro atoms. The van der Waals surface area contributed by atoms with Gasteiger partial charge >= 0.3 is 0 Å². The lowest BCUT2D eigenvalue weighted by atomic mass is 10.0. The lowest BCUT2D eigenvalue weighted by Crippen LogP contribution is -2.28. The number of aliphatic hydroxyl groups is 1. The summed E-state index contributed by atoms with van der Waals surface area (Å²) in [4.78, 5) is 6.35. The van der Waals surface area contributed by atoms with Crippen molar-refractivity contribution in [1.82, 2.24) is 14.5 Å². The number of nitrogens with zero attached hydrogens (tertiary/aromatic N) is 3. The molecule has 5 nitrogen and oxygen atoms in total. The first-order valence-corrected chi connectivity index (χ1v) is 6.48. The average molecular weight is 254 g/mol. The fourth-order valence-electron chi connectivity index (χ4n) is 2.24. The molecule has 3 N–H and O–H groups in total. The van der Waals surface area contributed by atoms with Gasteiger partial charge in [0.1, 0.15) is 0 Å².